The molecule has 2 heterocycles. The maximum Gasteiger partial charge on any atom is 0.408 e. The van der Waals surface area contributed by atoms with Gasteiger partial charge in [-0.2, -0.15) is 0 Å². The van der Waals surface area contributed by atoms with E-state index in [9.17, 15) is 27.6 Å². The van der Waals surface area contributed by atoms with Crippen LogP contribution in [0.1, 0.15) is 102 Å². The molecule has 56 heavy (non-hydrogen) atoms. The minimum Gasteiger partial charge on any atom is -0.446 e. The molecule has 2 aromatic carbocycles. The first kappa shape index (κ1) is 39.5. The highest BCUT2D eigenvalue weighted by Crippen LogP contribution is 2.46. The Balaban J connectivity index is 1.16. The zero-order valence-corrected chi connectivity index (χ0v) is 32.8. The second-order valence-corrected chi connectivity index (χ2v) is 17.8. The first-order valence-electron chi connectivity index (χ1n) is 20.3. The van der Waals surface area contributed by atoms with Crippen LogP contribution in [0.3, 0.4) is 0 Å². The maximum atomic E-state index is 14.5. The molecule has 3 saturated carbocycles. The number of ether oxygens (including phenoxy) is 1. The van der Waals surface area contributed by atoms with Gasteiger partial charge in [0.25, 0.3) is 5.91 Å². The first-order valence-corrected chi connectivity index (χ1v) is 21.8. The van der Waals surface area contributed by atoms with Crippen LogP contribution in [0.25, 0.3) is 11.1 Å². The van der Waals surface area contributed by atoms with Crippen molar-refractivity contribution in [2.75, 3.05) is 6.54 Å². The SMILES string of the molecule is CC/C(=N\O[C@@H]1C[C@H]2C(=O)N[C@@]3(C(=O)NS(=O)(=O)C4CC4)C[C@H]3/C=C\CCCCC[C@H](NC(=O)OC3CCCC3)C(=O)N2C1)c1ccccc1-c1ccccc1. The quantitative estimate of drug-likeness (QED) is 0.161. The van der Waals surface area contributed by atoms with Gasteiger partial charge >= 0.3 is 6.09 Å². The molecule has 0 aromatic heterocycles. The van der Waals surface area contributed by atoms with E-state index < -0.39 is 68.7 Å². The van der Waals surface area contributed by atoms with E-state index in [0.717, 1.165) is 55.2 Å². The average Bonchev–Trinajstić information content (AvgIpc) is 4.07. The Morgan fingerprint density at radius 2 is 1.66 bits per heavy atom. The number of hydrogen-bond donors (Lipinski definition) is 3. The number of nitrogens with zero attached hydrogens (tertiary/aromatic N) is 2. The third-order valence-corrected chi connectivity index (χ3v) is 13.5. The molecular formula is C42H53N5O8S. The molecular weight excluding hydrogens is 735 g/mol. The molecule has 3 N–H and O–H groups in total. The molecule has 1 saturated heterocycles. The van der Waals surface area contributed by atoms with Gasteiger partial charge in [0.2, 0.25) is 21.8 Å². The lowest BCUT2D eigenvalue weighted by Crippen LogP contribution is -2.58. The van der Waals surface area contributed by atoms with Crippen LogP contribution in [0.2, 0.25) is 0 Å². The molecule has 4 amide bonds. The summed E-state index contributed by atoms with van der Waals surface area (Å²) in [5, 5.41) is 9.71. The van der Waals surface area contributed by atoms with Gasteiger partial charge in [-0.1, -0.05) is 91.7 Å². The molecule has 0 unspecified atom stereocenters. The van der Waals surface area contributed by atoms with Crippen molar-refractivity contribution < 1.29 is 37.2 Å². The zero-order valence-electron chi connectivity index (χ0n) is 32.0. The number of sulfonamides is 1. The topological polar surface area (TPSA) is 173 Å². The fourth-order valence-corrected chi connectivity index (χ4v) is 9.58. The van der Waals surface area contributed by atoms with E-state index in [1.807, 2.05) is 73.7 Å². The van der Waals surface area contributed by atoms with Crippen LogP contribution in [0.4, 0.5) is 4.79 Å². The minimum atomic E-state index is -3.88. The van der Waals surface area contributed by atoms with Crippen molar-refractivity contribution in [1.82, 2.24) is 20.3 Å². The summed E-state index contributed by atoms with van der Waals surface area (Å²) in [6.07, 6.45) is 10.9. The van der Waals surface area contributed by atoms with Gasteiger partial charge in [-0.3, -0.25) is 19.1 Å². The van der Waals surface area contributed by atoms with E-state index in [4.69, 9.17) is 9.57 Å². The summed E-state index contributed by atoms with van der Waals surface area (Å²) in [5.41, 5.74) is 2.12. The van der Waals surface area contributed by atoms with Gasteiger partial charge in [0.05, 0.1) is 17.5 Å². The molecule has 0 bridgehead atoms. The lowest BCUT2D eigenvalue weighted by Gasteiger charge is -2.30. The van der Waals surface area contributed by atoms with Crippen LogP contribution in [-0.4, -0.2) is 84.5 Å². The van der Waals surface area contributed by atoms with Gasteiger partial charge < -0.3 is 25.1 Å². The van der Waals surface area contributed by atoms with Crippen molar-refractivity contribution >= 4 is 39.5 Å². The van der Waals surface area contributed by atoms with E-state index in [1.165, 1.54) is 4.90 Å². The molecule has 300 valence electrons. The number of amides is 4. The summed E-state index contributed by atoms with van der Waals surface area (Å²) in [7, 11) is -3.88. The third kappa shape index (κ3) is 9.11. The Hall–Kier alpha value is -4.72. The standard InChI is InChI=1S/C42H53N5O8S/c1-2-35(34-21-14-13-20-33(34)28-15-7-6-8-16-28)45-55-31-25-37-38(48)44-42(40(50)46-56(52,53)32-23-24-32)26-29(42)17-9-4-3-5-10-22-36(39(49)47(37)27-31)43-41(51)54-30-18-11-12-19-30/h6-9,13-17,20-21,29-32,36-37H,2-5,10-12,18-19,22-27H2,1H3,(H,43,51)(H,44,48)(H,46,50)/b17-9-,45-35+/t29-,31-,36+,37+,42+/m1/s1. The van der Waals surface area contributed by atoms with Gasteiger partial charge in [-0.05, 0) is 81.8 Å². The zero-order chi connectivity index (χ0) is 39.3. The minimum absolute atomic E-state index is 0.00614. The van der Waals surface area contributed by atoms with Gasteiger partial charge in [0, 0.05) is 17.9 Å². The Morgan fingerprint density at radius 3 is 2.41 bits per heavy atom. The summed E-state index contributed by atoms with van der Waals surface area (Å²) in [5.74, 6) is -2.24. The predicted octanol–water partition coefficient (Wildman–Crippen LogP) is 5.49. The van der Waals surface area contributed by atoms with Crippen molar-refractivity contribution in [3.8, 4) is 11.1 Å². The number of rotatable bonds is 10. The van der Waals surface area contributed by atoms with E-state index in [1.54, 1.807) is 0 Å². The van der Waals surface area contributed by atoms with Crippen LogP contribution in [-0.2, 0) is 34.0 Å². The largest absolute Gasteiger partial charge is 0.446 e. The van der Waals surface area contributed by atoms with Crippen LogP contribution in [0.5, 0.6) is 0 Å². The summed E-state index contributed by atoms with van der Waals surface area (Å²) in [6.45, 7) is 1.99. The van der Waals surface area contributed by atoms with Gasteiger partial charge in [0.1, 0.15) is 29.8 Å². The van der Waals surface area contributed by atoms with Crippen molar-refractivity contribution in [3.63, 3.8) is 0 Å². The van der Waals surface area contributed by atoms with Gasteiger partial charge in [-0.25, -0.2) is 13.2 Å². The van der Waals surface area contributed by atoms with Crippen molar-refractivity contribution in [2.24, 2.45) is 11.1 Å². The second-order valence-electron chi connectivity index (χ2n) is 15.8. The molecule has 2 aliphatic heterocycles. The molecule has 7 rings (SSSR count). The lowest BCUT2D eigenvalue weighted by molar-refractivity contribution is -0.141. The molecule has 5 atom stereocenters. The third-order valence-electron chi connectivity index (χ3n) is 11.7. The number of alkyl carbamates (subject to hydrolysis) is 1. The Kier molecular flexibility index (Phi) is 12.1. The second kappa shape index (κ2) is 17.2. The molecule has 0 radical (unpaired) electrons. The lowest BCUT2D eigenvalue weighted by atomic mass is 9.96. The highest BCUT2D eigenvalue weighted by molar-refractivity contribution is 7.91. The van der Waals surface area contributed by atoms with Crippen LogP contribution in [0, 0.1) is 5.92 Å². The normalized spacial score (nSPS) is 28.2. The fraction of sp³-hybridized carbons (Fsp3) is 0.548. The number of fused-ring (bicyclic) bond motifs is 2. The molecule has 3 aliphatic carbocycles. The summed E-state index contributed by atoms with van der Waals surface area (Å²) in [4.78, 5) is 63.4. The molecule has 2 aromatic rings. The molecule has 5 aliphatic rings. The molecule has 13 nitrogen and oxygen atoms in total. The van der Waals surface area contributed by atoms with E-state index in [2.05, 4.69) is 20.5 Å². The van der Waals surface area contributed by atoms with Gasteiger partial charge in [-0.15, -0.1) is 0 Å². The molecule has 0 spiro atoms. The van der Waals surface area contributed by atoms with Crippen molar-refractivity contribution in [1.29, 1.82) is 0 Å². The first-order chi connectivity index (χ1) is 27.1. The average molecular weight is 788 g/mol. The number of oxime groups is 1. The number of nitrogens with one attached hydrogen (secondary N) is 3. The van der Waals surface area contributed by atoms with Gasteiger partial charge in [0.15, 0.2) is 0 Å². The van der Waals surface area contributed by atoms with E-state index in [-0.39, 0.29) is 25.5 Å². The summed E-state index contributed by atoms with van der Waals surface area (Å²) in [6, 6.07) is 15.8. The Labute approximate surface area is 329 Å². The van der Waals surface area contributed by atoms with Crippen LogP contribution < -0.4 is 15.4 Å². The van der Waals surface area contributed by atoms with E-state index >= 15 is 0 Å². The summed E-state index contributed by atoms with van der Waals surface area (Å²) >= 11 is 0. The van der Waals surface area contributed by atoms with Crippen molar-refractivity contribution in [2.45, 2.75) is 132 Å². The summed E-state index contributed by atoms with van der Waals surface area (Å²) < 4.78 is 33.6. The number of allylic oxidation sites excluding steroid dienone is 1. The van der Waals surface area contributed by atoms with Crippen molar-refractivity contribution in [3.05, 3.63) is 72.3 Å². The number of carbonyl (C=O) groups excluding carboxylic acids is 4. The van der Waals surface area contributed by atoms with Crippen LogP contribution >= 0.6 is 0 Å². The Bertz CT molecular complexity index is 1940. The monoisotopic (exact) mass is 787 g/mol. The Morgan fingerprint density at radius 1 is 0.929 bits per heavy atom. The van der Waals surface area contributed by atoms with E-state index in [0.29, 0.717) is 44.2 Å². The highest BCUT2D eigenvalue weighted by Gasteiger charge is 2.62. The predicted molar refractivity (Wildman–Crippen MR) is 211 cm³/mol. The highest BCUT2D eigenvalue weighted by atomic mass is 32.2. The molecule has 4 fully saturated rings. The number of hydrogen-bond acceptors (Lipinski definition) is 9. The number of carbonyl (C=O) groups is 4. The van der Waals surface area contributed by atoms with Crippen LogP contribution in [0.15, 0.2) is 71.9 Å². The molecule has 14 heteroatoms. The maximum absolute atomic E-state index is 14.5. The number of benzene rings is 2. The smallest absolute Gasteiger partial charge is 0.408 e. The fourth-order valence-electron chi connectivity index (χ4n) is 8.22.